The van der Waals surface area contributed by atoms with E-state index in [2.05, 4.69) is 5.32 Å². The van der Waals surface area contributed by atoms with Gasteiger partial charge in [0.05, 0.1) is 21.0 Å². The topological polar surface area (TPSA) is 92.6 Å². The second-order valence-electron chi connectivity index (χ2n) is 6.08. The Hall–Kier alpha value is -2.15. The minimum absolute atomic E-state index is 0.0644. The van der Waals surface area contributed by atoms with E-state index < -0.39 is 10.3 Å². The number of halogens is 1. The molecule has 1 N–H and O–H groups in total. The van der Waals surface area contributed by atoms with E-state index in [4.69, 9.17) is 11.6 Å². The van der Waals surface area contributed by atoms with Gasteiger partial charge in [0.1, 0.15) is 0 Å². The minimum atomic E-state index is -0.586. The first-order chi connectivity index (χ1) is 10.9. The number of benzene rings is 1. The van der Waals surface area contributed by atoms with Crippen molar-refractivity contribution in [2.75, 3.05) is 18.0 Å². The molecule has 0 saturated carbocycles. The van der Waals surface area contributed by atoms with Crippen molar-refractivity contribution in [3.05, 3.63) is 33.3 Å². The van der Waals surface area contributed by atoms with Crippen molar-refractivity contribution >= 4 is 34.8 Å². The molecule has 2 aliphatic heterocycles. The molecule has 2 amide bonds. The number of carbonyl (C=O) groups is 2. The number of nitrogens with zero attached hydrogens (tertiary/aromatic N) is 2. The molecule has 2 saturated heterocycles. The minimum Gasteiger partial charge on any atom is -0.369 e. The largest absolute Gasteiger partial charge is 0.369 e. The first kappa shape index (κ1) is 15.7. The summed E-state index contributed by atoms with van der Waals surface area (Å²) < 4.78 is 0. The maximum atomic E-state index is 12.4. The van der Waals surface area contributed by atoms with Crippen molar-refractivity contribution in [1.29, 1.82) is 0 Å². The first-order valence-electron chi connectivity index (χ1n) is 7.44. The van der Waals surface area contributed by atoms with Gasteiger partial charge in [0, 0.05) is 31.6 Å². The molecule has 2 heterocycles. The van der Waals surface area contributed by atoms with Crippen LogP contribution in [0.2, 0.25) is 5.02 Å². The van der Waals surface area contributed by atoms with Crippen molar-refractivity contribution in [1.82, 2.24) is 5.32 Å². The Morgan fingerprint density at radius 1 is 1.30 bits per heavy atom. The number of nitro benzene ring substituents is 1. The van der Waals surface area contributed by atoms with Gasteiger partial charge in [0.25, 0.3) is 5.69 Å². The zero-order valence-electron chi connectivity index (χ0n) is 12.4. The maximum Gasteiger partial charge on any atom is 0.271 e. The summed E-state index contributed by atoms with van der Waals surface area (Å²) in [5.41, 5.74) is 0.0278. The van der Waals surface area contributed by atoms with Gasteiger partial charge in [-0.1, -0.05) is 11.6 Å². The summed E-state index contributed by atoms with van der Waals surface area (Å²) in [5, 5.41) is 13.5. The van der Waals surface area contributed by atoms with E-state index in [1.165, 1.54) is 12.1 Å². The quantitative estimate of drug-likeness (QED) is 0.507. The second kappa shape index (κ2) is 5.81. The van der Waals surface area contributed by atoms with Crippen molar-refractivity contribution in [2.24, 2.45) is 5.41 Å². The summed E-state index contributed by atoms with van der Waals surface area (Å²) in [6.45, 7) is 1.09. The number of amides is 2. The second-order valence-corrected chi connectivity index (χ2v) is 6.48. The molecule has 1 unspecified atom stereocenters. The van der Waals surface area contributed by atoms with Gasteiger partial charge in [0.2, 0.25) is 11.8 Å². The van der Waals surface area contributed by atoms with E-state index in [-0.39, 0.29) is 17.5 Å². The molecule has 1 spiro atoms. The number of anilines is 1. The first-order valence-corrected chi connectivity index (χ1v) is 7.82. The Balaban J connectivity index is 1.83. The molecule has 8 heteroatoms. The Morgan fingerprint density at radius 3 is 2.78 bits per heavy atom. The standard InChI is InChI=1S/C15H16ClN3O4/c16-11-8-10(19(22)23)3-4-12(11)18-7-6-15(9-18)5-1-2-13(20)17-14(15)21/h3-4,8H,1-2,5-7,9H2,(H,17,20,21). The number of hydrogen-bond acceptors (Lipinski definition) is 5. The average molecular weight is 338 g/mol. The van der Waals surface area contributed by atoms with Gasteiger partial charge in [-0.3, -0.25) is 25.0 Å². The van der Waals surface area contributed by atoms with E-state index in [9.17, 15) is 19.7 Å². The summed E-state index contributed by atoms with van der Waals surface area (Å²) in [7, 11) is 0. The van der Waals surface area contributed by atoms with E-state index in [1.54, 1.807) is 6.07 Å². The van der Waals surface area contributed by atoms with Crippen molar-refractivity contribution in [3.63, 3.8) is 0 Å². The van der Waals surface area contributed by atoms with E-state index in [1.807, 2.05) is 4.90 Å². The molecule has 0 bridgehead atoms. The lowest BCUT2D eigenvalue weighted by atomic mass is 9.82. The van der Waals surface area contributed by atoms with Crippen molar-refractivity contribution in [2.45, 2.75) is 25.7 Å². The van der Waals surface area contributed by atoms with Gasteiger partial charge in [0.15, 0.2) is 0 Å². The fraction of sp³-hybridized carbons (Fsp3) is 0.467. The molecule has 1 aromatic carbocycles. The molecular weight excluding hydrogens is 322 g/mol. The predicted octanol–water partition coefficient (Wildman–Crippen LogP) is 2.27. The van der Waals surface area contributed by atoms with Gasteiger partial charge >= 0.3 is 0 Å². The van der Waals surface area contributed by atoms with Crippen LogP contribution in [0.15, 0.2) is 18.2 Å². The number of hydrogen-bond donors (Lipinski definition) is 1. The fourth-order valence-corrected chi connectivity index (χ4v) is 3.65. The Kier molecular flexibility index (Phi) is 3.97. The lowest BCUT2D eigenvalue weighted by Crippen LogP contribution is -2.43. The van der Waals surface area contributed by atoms with Crippen LogP contribution in [0.1, 0.15) is 25.7 Å². The van der Waals surface area contributed by atoms with Crippen LogP contribution >= 0.6 is 11.6 Å². The van der Waals surface area contributed by atoms with Crippen LogP contribution in [-0.4, -0.2) is 29.8 Å². The summed E-state index contributed by atoms with van der Waals surface area (Å²) in [6, 6.07) is 4.33. The highest BCUT2D eigenvalue weighted by Gasteiger charge is 2.46. The highest BCUT2D eigenvalue weighted by Crippen LogP contribution is 2.41. The van der Waals surface area contributed by atoms with Gasteiger partial charge in [-0.2, -0.15) is 0 Å². The van der Waals surface area contributed by atoms with Crippen LogP contribution in [0.25, 0.3) is 0 Å². The molecule has 2 fully saturated rings. The molecule has 3 rings (SSSR count). The third-order valence-corrected chi connectivity index (χ3v) is 4.93. The Morgan fingerprint density at radius 2 is 2.09 bits per heavy atom. The third-order valence-electron chi connectivity index (χ3n) is 4.63. The fourth-order valence-electron chi connectivity index (χ4n) is 3.36. The monoisotopic (exact) mass is 337 g/mol. The zero-order valence-corrected chi connectivity index (χ0v) is 13.1. The van der Waals surface area contributed by atoms with Crippen LogP contribution in [-0.2, 0) is 9.59 Å². The van der Waals surface area contributed by atoms with Crippen LogP contribution in [0.5, 0.6) is 0 Å². The smallest absolute Gasteiger partial charge is 0.271 e. The van der Waals surface area contributed by atoms with Gasteiger partial charge < -0.3 is 4.90 Å². The number of nitro groups is 1. The SMILES string of the molecule is O=C1CCCC2(CCN(c3ccc([N+](=O)[O-])cc3Cl)C2)C(=O)N1. The van der Waals surface area contributed by atoms with Crippen LogP contribution in [0.3, 0.4) is 0 Å². The van der Waals surface area contributed by atoms with Crippen molar-refractivity contribution in [3.8, 4) is 0 Å². The number of carbonyl (C=O) groups excluding carboxylic acids is 2. The molecule has 122 valence electrons. The predicted molar refractivity (Wildman–Crippen MR) is 84.4 cm³/mol. The summed E-state index contributed by atoms with van der Waals surface area (Å²) in [6.07, 6.45) is 2.34. The Bertz CT molecular complexity index is 693. The van der Waals surface area contributed by atoms with Gasteiger partial charge in [-0.05, 0) is 25.3 Å². The molecule has 0 aliphatic carbocycles. The maximum absolute atomic E-state index is 12.4. The van der Waals surface area contributed by atoms with E-state index in [0.29, 0.717) is 49.5 Å². The number of non-ortho nitro benzene ring substituents is 1. The number of rotatable bonds is 2. The lowest BCUT2D eigenvalue weighted by Gasteiger charge is -2.26. The molecule has 1 aromatic rings. The molecular formula is C15H16ClN3O4. The highest BCUT2D eigenvalue weighted by molar-refractivity contribution is 6.33. The van der Waals surface area contributed by atoms with Crippen LogP contribution < -0.4 is 10.2 Å². The van der Waals surface area contributed by atoms with Crippen molar-refractivity contribution < 1.29 is 14.5 Å². The normalized spacial score (nSPS) is 24.7. The molecule has 0 aromatic heterocycles. The molecule has 23 heavy (non-hydrogen) atoms. The van der Waals surface area contributed by atoms with E-state index in [0.717, 1.165) is 0 Å². The number of imide groups is 1. The zero-order chi connectivity index (χ0) is 16.6. The van der Waals surface area contributed by atoms with Gasteiger partial charge in [-0.25, -0.2) is 0 Å². The third kappa shape index (κ3) is 2.88. The molecule has 2 aliphatic rings. The summed E-state index contributed by atoms with van der Waals surface area (Å²) in [5.74, 6) is -0.445. The van der Waals surface area contributed by atoms with Crippen LogP contribution in [0.4, 0.5) is 11.4 Å². The molecule has 1 atom stereocenters. The number of nitrogens with one attached hydrogen (secondary N) is 1. The highest BCUT2D eigenvalue weighted by atomic mass is 35.5. The van der Waals surface area contributed by atoms with E-state index >= 15 is 0 Å². The summed E-state index contributed by atoms with van der Waals surface area (Å²) in [4.78, 5) is 36.1. The van der Waals surface area contributed by atoms with Crippen LogP contribution in [0, 0.1) is 15.5 Å². The summed E-state index contributed by atoms with van der Waals surface area (Å²) >= 11 is 6.17. The lowest BCUT2D eigenvalue weighted by molar-refractivity contribution is -0.384. The molecule has 0 radical (unpaired) electrons. The van der Waals surface area contributed by atoms with Gasteiger partial charge in [-0.15, -0.1) is 0 Å². The average Bonchev–Trinajstić information content (AvgIpc) is 2.86. The molecule has 7 nitrogen and oxygen atoms in total. The Labute approximate surface area is 137 Å².